The Morgan fingerprint density at radius 1 is 1.50 bits per heavy atom. The molecule has 0 saturated heterocycles. The van der Waals surface area contributed by atoms with Crippen LogP contribution in [0.1, 0.15) is 12.5 Å². The van der Waals surface area contributed by atoms with E-state index in [1.165, 1.54) is 0 Å². The lowest BCUT2D eigenvalue weighted by molar-refractivity contribution is -0.140. The second kappa shape index (κ2) is 5.67. The summed E-state index contributed by atoms with van der Waals surface area (Å²) in [6.07, 6.45) is -3.64. The third-order valence-electron chi connectivity index (χ3n) is 1.97. The van der Waals surface area contributed by atoms with Crippen molar-refractivity contribution >= 4 is 5.91 Å². The Bertz CT molecular complexity index is 482. The molecule has 0 radical (unpaired) electrons. The van der Waals surface area contributed by atoms with Gasteiger partial charge in [-0.1, -0.05) is 0 Å². The first kappa shape index (κ1) is 14.2. The largest absolute Gasteiger partial charge is 0.421 e. The van der Waals surface area contributed by atoms with E-state index in [2.05, 4.69) is 4.84 Å². The molecule has 0 bridgehead atoms. The lowest BCUT2D eigenvalue weighted by Gasteiger charge is -2.10. The topological polar surface area (TPSA) is 60.3 Å². The van der Waals surface area contributed by atoms with Crippen LogP contribution >= 0.6 is 0 Å². The van der Waals surface area contributed by atoms with Crippen LogP contribution in [0.3, 0.4) is 0 Å². The van der Waals surface area contributed by atoms with Gasteiger partial charge in [-0.2, -0.15) is 13.2 Å². The van der Waals surface area contributed by atoms with Crippen molar-refractivity contribution in [1.82, 2.24) is 10.0 Å². The molecule has 0 atom stereocenters. The van der Waals surface area contributed by atoms with Crippen LogP contribution in [0.25, 0.3) is 0 Å². The number of hydroxylamine groups is 1. The van der Waals surface area contributed by atoms with Gasteiger partial charge in [-0.25, -0.2) is 5.48 Å². The first-order valence-electron chi connectivity index (χ1n) is 5.03. The van der Waals surface area contributed by atoms with Crippen molar-refractivity contribution < 1.29 is 22.8 Å². The van der Waals surface area contributed by atoms with Crippen molar-refractivity contribution in [3.8, 4) is 0 Å². The molecule has 8 heteroatoms. The summed E-state index contributed by atoms with van der Waals surface area (Å²) in [5.41, 5.74) is -0.592. The average Bonchev–Trinajstić information content (AvgIpc) is 2.27. The summed E-state index contributed by atoms with van der Waals surface area (Å²) in [4.78, 5) is 27.2. The van der Waals surface area contributed by atoms with E-state index in [4.69, 9.17) is 0 Å². The third-order valence-corrected chi connectivity index (χ3v) is 1.97. The number of amides is 1. The molecular weight excluding hydrogens is 253 g/mol. The van der Waals surface area contributed by atoms with Crippen molar-refractivity contribution in [3.05, 3.63) is 34.2 Å². The lowest BCUT2D eigenvalue weighted by atomic mass is 10.2. The highest BCUT2D eigenvalue weighted by Gasteiger charge is 2.34. The summed E-state index contributed by atoms with van der Waals surface area (Å²) in [5, 5.41) is 0. The molecule has 0 aromatic carbocycles. The molecule has 1 rings (SSSR count). The summed E-state index contributed by atoms with van der Waals surface area (Å²) < 4.78 is 38.0. The number of pyridine rings is 1. The molecule has 0 saturated carbocycles. The zero-order chi connectivity index (χ0) is 13.8. The Labute approximate surface area is 100 Å². The molecule has 5 nitrogen and oxygen atoms in total. The number of aromatic nitrogens is 1. The quantitative estimate of drug-likeness (QED) is 0.823. The van der Waals surface area contributed by atoms with Crippen molar-refractivity contribution in [1.29, 1.82) is 0 Å². The summed E-state index contributed by atoms with van der Waals surface area (Å²) in [7, 11) is 0. The van der Waals surface area contributed by atoms with Gasteiger partial charge in [0.15, 0.2) is 0 Å². The maximum Gasteiger partial charge on any atom is 0.421 e. The Balaban J connectivity index is 2.92. The maximum atomic E-state index is 12.4. The highest BCUT2D eigenvalue weighted by molar-refractivity contribution is 5.74. The molecule has 1 aromatic heterocycles. The van der Waals surface area contributed by atoms with Crippen molar-refractivity contribution in [2.24, 2.45) is 0 Å². The molecule has 1 heterocycles. The Kier molecular flexibility index (Phi) is 4.49. The summed E-state index contributed by atoms with van der Waals surface area (Å²) >= 11 is 0. The fraction of sp³-hybridized carbons (Fsp3) is 0.400. The number of hydrogen-bond donors (Lipinski definition) is 1. The fourth-order valence-corrected chi connectivity index (χ4v) is 1.22. The first-order chi connectivity index (χ1) is 8.36. The van der Waals surface area contributed by atoms with Gasteiger partial charge < -0.3 is 4.57 Å². The normalized spacial score (nSPS) is 11.3. The zero-order valence-electron chi connectivity index (χ0n) is 9.45. The minimum absolute atomic E-state index is 0.212. The van der Waals surface area contributed by atoms with Gasteiger partial charge in [0.05, 0.1) is 6.61 Å². The van der Waals surface area contributed by atoms with E-state index in [0.29, 0.717) is 10.6 Å². The Morgan fingerprint density at radius 2 is 2.17 bits per heavy atom. The monoisotopic (exact) mass is 264 g/mol. The van der Waals surface area contributed by atoms with Crippen molar-refractivity contribution in [2.45, 2.75) is 19.6 Å². The zero-order valence-corrected chi connectivity index (χ0v) is 9.45. The number of halogens is 3. The van der Waals surface area contributed by atoms with Gasteiger partial charge in [0.25, 0.3) is 11.5 Å². The van der Waals surface area contributed by atoms with Crippen LogP contribution < -0.4 is 11.0 Å². The van der Waals surface area contributed by atoms with Gasteiger partial charge in [-0.3, -0.25) is 14.4 Å². The molecular formula is C10H11F3N2O3. The molecule has 1 N–H and O–H groups in total. The van der Waals surface area contributed by atoms with E-state index in [0.717, 1.165) is 12.3 Å². The average molecular weight is 264 g/mol. The van der Waals surface area contributed by atoms with Gasteiger partial charge >= 0.3 is 6.18 Å². The van der Waals surface area contributed by atoms with Crippen LogP contribution in [0, 0.1) is 0 Å². The van der Waals surface area contributed by atoms with E-state index in [1.54, 1.807) is 6.92 Å². The minimum Gasteiger partial charge on any atom is -0.306 e. The Hall–Kier alpha value is -1.83. The summed E-state index contributed by atoms with van der Waals surface area (Å²) in [6, 6.07) is 1.72. The van der Waals surface area contributed by atoms with Crippen molar-refractivity contribution in [2.75, 3.05) is 6.61 Å². The summed E-state index contributed by atoms with van der Waals surface area (Å²) in [6.45, 7) is 1.29. The SMILES string of the molecule is CCONC(=O)Cn1cccc(C(F)(F)F)c1=O. The smallest absolute Gasteiger partial charge is 0.306 e. The minimum atomic E-state index is -4.74. The number of alkyl halides is 3. The molecule has 100 valence electrons. The second-order valence-corrected chi connectivity index (χ2v) is 3.31. The predicted molar refractivity (Wildman–Crippen MR) is 55.5 cm³/mol. The van der Waals surface area contributed by atoms with E-state index in [-0.39, 0.29) is 6.61 Å². The molecule has 0 unspecified atom stereocenters. The molecule has 18 heavy (non-hydrogen) atoms. The number of carbonyl (C=O) groups excluding carboxylic acids is 1. The van der Waals surface area contributed by atoms with Crippen LogP contribution in [0.4, 0.5) is 13.2 Å². The first-order valence-corrected chi connectivity index (χ1v) is 5.03. The number of carbonyl (C=O) groups is 1. The van der Waals surface area contributed by atoms with Crippen LogP contribution in [0.5, 0.6) is 0 Å². The van der Waals surface area contributed by atoms with Gasteiger partial charge in [0, 0.05) is 6.20 Å². The maximum absolute atomic E-state index is 12.4. The van der Waals surface area contributed by atoms with E-state index in [9.17, 15) is 22.8 Å². The number of nitrogens with zero attached hydrogens (tertiary/aromatic N) is 1. The van der Waals surface area contributed by atoms with E-state index >= 15 is 0 Å². The highest BCUT2D eigenvalue weighted by atomic mass is 19.4. The molecule has 0 spiro atoms. The van der Waals surface area contributed by atoms with Crippen LogP contribution in [0.2, 0.25) is 0 Å². The molecule has 0 fully saturated rings. The number of rotatable bonds is 4. The summed E-state index contributed by atoms with van der Waals surface area (Å²) in [5.74, 6) is -0.710. The fourth-order valence-electron chi connectivity index (χ4n) is 1.22. The molecule has 0 aliphatic carbocycles. The number of nitrogens with one attached hydrogen (secondary N) is 1. The molecule has 1 aromatic rings. The highest BCUT2D eigenvalue weighted by Crippen LogP contribution is 2.25. The van der Waals surface area contributed by atoms with Gasteiger partial charge in [-0.15, -0.1) is 0 Å². The lowest BCUT2D eigenvalue weighted by Crippen LogP contribution is -2.34. The van der Waals surface area contributed by atoms with E-state index in [1.807, 2.05) is 5.48 Å². The molecule has 0 aliphatic rings. The van der Waals surface area contributed by atoms with Gasteiger partial charge in [0.1, 0.15) is 12.1 Å². The van der Waals surface area contributed by atoms with E-state index < -0.39 is 29.8 Å². The molecule has 1 amide bonds. The Morgan fingerprint density at radius 3 is 2.72 bits per heavy atom. The molecule has 0 aliphatic heterocycles. The van der Waals surface area contributed by atoms with Crippen LogP contribution in [-0.2, 0) is 22.4 Å². The van der Waals surface area contributed by atoms with Crippen LogP contribution in [0.15, 0.2) is 23.1 Å². The van der Waals surface area contributed by atoms with Gasteiger partial charge in [0.2, 0.25) is 0 Å². The predicted octanol–water partition coefficient (Wildman–Crippen LogP) is 0.935. The van der Waals surface area contributed by atoms with Gasteiger partial charge in [-0.05, 0) is 19.1 Å². The standard InChI is InChI=1S/C10H11F3N2O3/c1-2-18-14-8(16)6-15-5-3-4-7(9(15)17)10(11,12)13/h3-5H,2,6H2,1H3,(H,14,16). The number of hydrogen-bond acceptors (Lipinski definition) is 3. The second-order valence-electron chi connectivity index (χ2n) is 3.31. The third kappa shape index (κ3) is 3.59. The van der Waals surface area contributed by atoms with Crippen LogP contribution in [-0.4, -0.2) is 17.1 Å². The van der Waals surface area contributed by atoms with Crippen molar-refractivity contribution in [3.63, 3.8) is 0 Å².